The highest BCUT2D eigenvalue weighted by molar-refractivity contribution is 7.13. The number of thiazole rings is 1. The van der Waals surface area contributed by atoms with Gasteiger partial charge in [0.25, 0.3) is 0 Å². The molecule has 0 radical (unpaired) electrons. The van der Waals surface area contributed by atoms with Crippen LogP contribution in [0.25, 0.3) is 10.6 Å². The van der Waals surface area contributed by atoms with Gasteiger partial charge < -0.3 is 14.9 Å². The van der Waals surface area contributed by atoms with Crippen LogP contribution in [0.4, 0.5) is 5.82 Å². The minimum Gasteiger partial charge on any atom is -0.494 e. The van der Waals surface area contributed by atoms with Crippen molar-refractivity contribution in [1.29, 1.82) is 0 Å². The van der Waals surface area contributed by atoms with E-state index in [-0.39, 0.29) is 5.82 Å². The highest BCUT2D eigenvalue weighted by Crippen LogP contribution is 2.27. The average Bonchev–Trinajstić information content (AvgIpc) is 3.17. The summed E-state index contributed by atoms with van der Waals surface area (Å²) in [5.74, 6) is 1.39. The van der Waals surface area contributed by atoms with E-state index >= 15 is 0 Å². The first-order valence-corrected chi connectivity index (χ1v) is 8.30. The van der Waals surface area contributed by atoms with Gasteiger partial charge in [-0.1, -0.05) is 0 Å². The van der Waals surface area contributed by atoms with E-state index in [9.17, 15) is 10.1 Å². The summed E-state index contributed by atoms with van der Waals surface area (Å²) < 4.78 is 6.98. The van der Waals surface area contributed by atoms with E-state index in [1.54, 1.807) is 11.5 Å². The molecular formula is C16H16N4O3S. The molecule has 0 saturated heterocycles. The molecule has 0 N–H and O–H groups in total. The largest absolute Gasteiger partial charge is 0.494 e. The zero-order valence-electron chi connectivity index (χ0n) is 13.3. The quantitative estimate of drug-likeness (QED) is 0.503. The van der Waals surface area contributed by atoms with E-state index in [2.05, 4.69) is 9.97 Å². The minimum atomic E-state index is -0.431. The summed E-state index contributed by atoms with van der Waals surface area (Å²) in [5, 5.41) is 13.8. The number of hydrogen-bond donors (Lipinski definition) is 0. The predicted molar refractivity (Wildman–Crippen MR) is 91.4 cm³/mol. The molecule has 0 aliphatic heterocycles. The van der Waals surface area contributed by atoms with Crippen molar-refractivity contribution in [3.63, 3.8) is 0 Å². The van der Waals surface area contributed by atoms with Gasteiger partial charge in [-0.2, -0.15) is 0 Å². The third-order valence-corrected chi connectivity index (χ3v) is 4.45. The lowest BCUT2D eigenvalue weighted by molar-refractivity contribution is -0.392. The Hall–Kier alpha value is -2.74. The molecule has 8 heteroatoms. The van der Waals surface area contributed by atoms with Crippen molar-refractivity contribution in [2.75, 3.05) is 6.61 Å². The molecule has 3 aromatic rings. The molecule has 7 nitrogen and oxygen atoms in total. The third-order valence-electron chi connectivity index (χ3n) is 3.51. The molecule has 3 rings (SSSR count). The lowest BCUT2D eigenvalue weighted by atomic mass is 10.2. The van der Waals surface area contributed by atoms with E-state index in [0.717, 1.165) is 22.0 Å². The van der Waals surface area contributed by atoms with Crippen molar-refractivity contribution in [3.8, 4) is 16.3 Å². The van der Waals surface area contributed by atoms with E-state index in [1.807, 2.05) is 36.6 Å². The van der Waals surface area contributed by atoms with E-state index in [1.165, 1.54) is 17.5 Å². The first kappa shape index (κ1) is 16.1. The number of rotatable bonds is 6. The van der Waals surface area contributed by atoms with Crippen molar-refractivity contribution in [3.05, 3.63) is 57.5 Å². The SMILES string of the molecule is CCOc1ccc(-c2nc(Cn3c([N+](=O)[O-])cnc3C)cs2)cc1. The molecular weight excluding hydrogens is 328 g/mol. The maximum Gasteiger partial charge on any atom is 0.343 e. The Morgan fingerprint density at radius 3 is 2.75 bits per heavy atom. The number of hydrogen-bond acceptors (Lipinski definition) is 6. The molecule has 24 heavy (non-hydrogen) atoms. The van der Waals surface area contributed by atoms with E-state index in [4.69, 9.17) is 4.74 Å². The number of aromatic nitrogens is 3. The van der Waals surface area contributed by atoms with Gasteiger partial charge in [-0.05, 0) is 36.1 Å². The van der Waals surface area contributed by atoms with Gasteiger partial charge in [-0.3, -0.25) is 0 Å². The fourth-order valence-corrected chi connectivity index (χ4v) is 3.15. The normalized spacial score (nSPS) is 10.8. The Morgan fingerprint density at radius 1 is 1.33 bits per heavy atom. The minimum absolute atomic E-state index is 0.0249. The second-order valence-corrected chi connectivity index (χ2v) is 5.97. The molecule has 0 unspecified atom stereocenters. The number of nitro groups is 1. The third kappa shape index (κ3) is 3.28. The van der Waals surface area contributed by atoms with E-state index < -0.39 is 4.92 Å². The van der Waals surface area contributed by atoms with Crippen LogP contribution in [0.5, 0.6) is 5.75 Å². The Morgan fingerprint density at radius 2 is 2.08 bits per heavy atom. The van der Waals surface area contributed by atoms with Crippen LogP contribution in [-0.4, -0.2) is 26.1 Å². The van der Waals surface area contributed by atoms with Gasteiger partial charge in [-0.15, -0.1) is 11.3 Å². The van der Waals surface area contributed by atoms with Crippen LogP contribution >= 0.6 is 11.3 Å². The topological polar surface area (TPSA) is 83.1 Å². The average molecular weight is 344 g/mol. The lowest BCUT2D eigenvalue weighted by Crippen LogP contribution is -2.06. The summed E-state index contributed by atoms with van der Waals surface area (Å²) in [5.41, 5.74) is 1.76. The Kier molecular flexibility index (Phi) is 4.57. The van der Waals surface area contributed by atoms with Gasteiger partial charge in [0, 0.05) is 17.9 Å². The number of aryl methyl sites for hydroxylation is 1. The van der Waals surface area contributed by atoms with Crippen LogP contribution in [0, 0.1) is 17.0 Å². The maximum absolute atomic E-state index is 11.1. The highest BCUT2D eigenvalue weighted by Gasteiger charge is 2.19. The Balaban J connectivity index is 1.81. The summed E-state index contributed by atoms with van der Waals surface area (Å²) in [4.78, 5) is 19.2. The van der Waals surface area contributed by atoms with Gasteiger partial charge in [0.2, 0.25) is 0 Å². The molecule has 2 aromatic heterocycles. The number of nitrogens with zero attached hydrogens (tertiary/aromatic N) is 4. The van der Waals surface area contributed by atoms with Crippen LogP contribution in [0.1, 0.15) is 18.4 Å². The molecule has 2 heterocycles. The van der Waals surface area contributed by atoms with Gasteiger partial charge in [0.1, 0.15) is 23.5 Å². The van der Waals surface area contributed by atoms with Crippen molar-refractivity contribution in [2.45, 2.75) is 20.4 Å². The van der Waals surface area contributed by atoms with Crippen LogP contribution in [0.2, 0.25) is 0 Å². The van der Waals surface area contributed by atoms with Gasteiger partial charge in [0.05, 0.1) is 12.3 Å². The zero-order chi connectivity index (χ0) is 17.1. The van der Waals surface area contributed by atoms with Crippen LogP contribution < -0.4 is 4.74 Å². The van der Waals surface area contributed by atoms with Crippen molar-refractivity contribution in [1.82, 2.24) is 14.5 Å². The summed E-state index contributed by atoms with van der Waals surface area (Å²) in [6.07, 6.45) is 1.27. The first-order valence-electron chi connectivity index (χ1n) is 7.42. The number of imidazole rings is 1. The van der Waals surface area contributed by atoms with E-state index in [0.29, 0.717) is 19.0 Å². The highest BCUT2D eigenvalue weighted by atomic mass is 32.1. The fourth-order valence-electron chi connectivity index (χ4n) is 2.33. The number of benzene rings is 1. The summed E-state index contributed by atoms with van der Waals surface area (Å²) in [7, 11) is 0. The Bertz CT molecular complexity index is 855. The molecule has 0 atom stereocenters. The first-order chi connectivity index (χ1) is 11.6. The molecule has 0 spiro atoms. The van der Waals surface area contributed by atoms with Crippen molar-refractivity contribution in [2.24, 2.45) is 0 Å². The standard InChI is InChI=1S/C16H16N4O3S/c1-3-23-14-6-4-12(5-7-14)16-18-13(10-24-16)9-19-11(2)17-8-15(19)20(21)22/h4-8,10H,3,9H2,1-2H3. The molecule has 0 saturated carbocycles. The molecule has 1 aromatic carbocycles. The molecule has 0 amide bonds. The summed E-state index contributed by atoms with van der Waals surface area (Å²) in [6, 6.07) is 7.73. The van der Waals surface area contributed by atoms with Crippen molar-refractivity contribution >= 4 is 17.2 Å². The van der Waals surface area contributed by atoms with Gasteiger partial charge >= 0.3 is 5.82 Å². The lowest BCUT2D eigenvalue weighted by Gasteiger charge is -2.03. The number of ether oxygens (including phenoxy) is 1. The summed E-state index contributed by atoms with van der Waals surface area (Å²) in [6.45, 7) is 4.64. The predicted octanol–water partition coefficient (Wildman–Crippen LogP) is 3.67. The maximum atomic E-state index is 11.1. The van der Waals surface area contributed by atoms with Crippen molar-refractivity contribution < 1.29 is 9.66 Å². The second kappa shape index (κ2) is 6.79. The molecule has 0 aliphatic rings. The van der Waals surface area contributed by atoms with Gasteiger partial charge in [0.15, 0.2) is 5.82 Å². The monoisotopic (exact) mass is 344 g/mol. The molecule has 0 fully saturated rings. The summed E-state index contributed by atoms with van der Waals surface area (Å²) >= 11 is 1.51. The second-order valence-electron chi connectivity index (χ2n) is 5.11. The Labute approximate surface area is 142 Å². The smallest absolute Gasteiger partial charge is 0.343 e. The molecule has 0 bridgehead atoms. The zero-order valence-corrected chi connectivity index (χ0v) is 14.1. The molecule has 0 aliphatic carbocycles. The fraction of sp³-hybridized carbons (Fsp3) is 0.250. The van der Waals surface area contributed by atoms with Gasteiger partial charge in [-0.25, -0.2) is 14.5 Å². The van der Waals surface area contributed by atoms with Crippen LogP contribution in [0.3, 0.4) is 0 Å². The molecule has 124 valence electrons. The van der Waals surface area contributed by atoms with Crippen LogP contribution in [0.15, 0.2) is 35.8 Å². The van der Waals surface area contributed by atoms with Crippen LogP contribution in [-0.2, 0) is 6.54 Å².